The van der Waals surface area contributed by atoms with Gasteiger partial charge in [0.05, 0.1) is 66.6 Å². The minimum Gasteiger partial charge on any atom is -1.00 e. The Morgan fingerprint density at radius 2 is 1.08 bits per heavy atom. The van der Waals surface area contributed by atoms with Crippen LogP contribution in [0.1, 0.15) is 69.9 Å². The number of carbonyl (C=O) groups is 1. The largest absolute Gasteiger partial charge is 1.00 e. The van der Waals surface area contributed by atoms with E-state index in [9.17, 15) is 0 Å². The van der Waals surface area contributed by atoms with E-state index in [1.165, 1.54) is 11.1 Å². The van der Waals surface area contributed by atoms with Crippen molar-refractivity contribution in [2.24, 2.45) is 9.98 Å². The number of aromatic nitrogens is 4. The molecule has 0 radical (unpaired) electrons. The molecule has 3 fully saturated rings. The Hall–Kier alpha value is -2.15. The number of benzene rings is 2. The molecule has 0 saturated carbocycles. The van der Waals surface area contributed by atoms with Crippen LogP contribution in [0.4, 0.5) is 11.6 Å². The van der Waals surface area contributed by atoms with Crippen LogP contribution < -0.4 is 168 Å². The van der Waals surface area contributed by atoms with Gasteiger partial charge in [-0.1, -0.05) is 77.0 Å². The van der Waals surface area contributed by atoms with E-state index in [4.69, 9.17) is 57.8 Å². The molecule has 25 heteroatoms. The van der Waals surface area contributed by atoms with Gasteiger partial charge in [0, 0.05) is 121 Å². The van der Waals surface area contributed by atoms with Crippen LogP contribution in [-0.4, -0.2) is 152 Å². The van der Waals surface area contributed by atoms with Gasteiger partial charge in [-0.15, -0.1) is 0 Å². The van der Waals surface area contributed by atoms with Crippen molar-refractivity contribution in [1.82, 2.24) is 19.9 Å². The third-order valence-corrected chi connectivity index (χ3v) is 19.3. The second-order valence-electron chi connectivity index (χ2n) is 24.5. The van der Waals surface area contributed by atoms with Crippen LogP contribution in [-0.2, 0) is 51.0 Å². The summed E-state index contributed by atoms with van der Waals surface area (Å²) in [6.07, 6.45) is 10.8. The van der Waals surface area contributed by atoms with E-state index in [1.807, 2.05) is 42.9 Å². The van der Waals surface area contributed by atoms with Crippen molar-refractivity contribution in [3.8, 4) is 22.6 Å². The molecule has 11 rings (SSSR count). The number of pyridine rings is 4. The van der Waals surface area contributed by atoms with E-state index >= 15 is 0 Å². The molecule has 5 aliphatic rings. The van der Waals surface area contributed by atoms with Gasteiger partial charge in [0.25, 0.3) is 6.47 Å². The maximum atomic E-state index is 8.64. The Bertz CT molecular complexity index is 3270. The van der Waals surface area contributed by atoms with Crippen LogP contribution >= 0.6 is 15.9 Å². The van der Waals surface area contributed by atoms with Gasteiger partial charge in [0.1, 0.15) is 23.1 Å². The van der Waals surface area contributed by atoms with Gasteiger partial charge in [0.15, 0.2) is 13.6 Å². The number of hydrogen-bond acceptors (Lipinski definition) is 19. The molecule has 6 aromatic rings. The third kappa shape index (κ3) is 23.0. The molecule has 0 spiro atoms. The fraction of sp³-hybridized carbons (Fsp3) is 0.453. The number of nitrogens with zero attached hydrogens (tertiary/aromatic N) is 8. The Labute approximate surface area is 656 Å². The van der Waals surface area contributed by atoms with Crippen molar-refractivity contribution in [1.29, 1.82) is 0 Å². The first-order valence-electron chi connectivity index (χ1n) is 29.2. The van der Waals surface area contributed by atoms with E-state index in [0.29, 0.717) is 19.9 Å². The number of anilines is 2. The summed E-state index contributed by atoms with van der Waals surface area (Å²) in [6.45, 7) is 32.0. The van der Waals surface area contributed by atoms with E-state index in [2.05, 4.69) is 166 Å². The van der Waals surface area contributed by atoms with Crippen molar-refractivity contribution in [2.75, 3.05) is 89.2 Å². The number of carbonyl (C=O) groups excluding carboxylic acids is 1. The molecule has 5 aliphatic heterocycles. The Morgan fingerprint density at radius 1 is 0.618 bits per heavy atom. The third-order valence-electron chi connectivity index (χ3n) is 15.3. The van der Waals surface area contributed by atoms with Gasteiger partial charge in [-0.2, -0.15) is 0 Å². The minimum absolute atomic E-state index is 0. The topological polar surface area (TPSA) is 206 Å². The molecule has 468 valence electrons. The SMILES string of the molecule is C.CC1(C)OB(c2ccc3c(c2)C(c2ccnc(N4CCOCC4)c2)=NC3)OC1(C)C.C[Si](C)(C)CCOCOc1ccncc1-c1ccc2c(c1)C(c1ccnc(N3CCOCC3)c1)=NC2.C[Si](C)(C)CCOCOc1ccncc1Br.O=CO[O-].[Cs+].[Cs+].[H-]. The predicted molar refractivity (Wildman–Crippen MR) is 351 cm³/mol. The summed E-state index contributed by atoms with van der Waals surface area (Å²) in [4.78, 5) is 43.0. The molecule has 0 N–H and O–H groups in total. The Kier molecular flexibility index (Phi) is 32.4. The van der Waals surface area contributed by atoms with Crippen LogP contribution in [0, 0.1) is 0 Å². The summed E-state index contributed by atoms with van der Waals surface area (Å²) in [5, 5.41) is 8.43. The average molecular weight is 1560 g/mol. The number of rotatable bonds is 19. The van der Waals surface area contributed by atoms with Crippen LogP contribution in [0.5, 0.6) is 11.5 Å². The van der Waals surface area contributed by atoms with Gasteiger partial charge in [0.2, 0.25) is 0 Å². The van der Waals surface area contributed by atoms with Gasteiger partial charge in [-0.05, 0) is 120 Å². The summed E-state index contributed by atoms with van der Waals surface area (Å²) in [7, 11) is -2.49. The summed E-state index contributed by atoms with van der Waals surface area (Å²) in [5.74, 6) is 3.49. The van der Waals surface area contributed by atoms with E-state index in [-0.39, 0.29) is 178 Å². The maximum absolute atomic E-state index is 8.64. The van der Waals surface area contributed by atoms with Crippen molar-refractivity contribution in [2.45, 2.75) is 111 Å². The fourth-order valence-electron chi connectivity index (χ4n) is 9.52. The zero-order valence-corrected chi connectivity index (χ0v) is 69.5. The van der Waals surface area contributed by atoms with Crippen LogP contribution in [0.25, 0.3) is 11.1 Å². The van der Waals surface area contributed by atoms with Crippen molar-refractivity contribution < 1.29 is 192 Å². The molecule has 4 aromatic heterocycles. The second-order valence-corrected chi connectivity index (χ2v) is 36.6. The number of morpholine rings is 2. The smallest absolute Gasteiger partial charge is 1.00 e. The molecule has 19 nitrogen and oxygen atoms in total. The molecule has 9 heterocycles. The number of halogens is 1. The van der Waals surface area contributed by atoms with Gasteiger partial charge in [-0.3, -0.25) is 24.7 Å². The Balaban J connectivity index is 0.000000290. The van der Waals surface area contributed by atoms with Crippen LogP contribution in [0.3, 0.4) is 0 Å². The standard InChI is InChI=1S/C28H34N4O3Si.C23H28BN3O3.C11H18BrNO2Si.CH2O3.CH4.2Cs.H/c1-36(2,3)15-14-34-20-35-26-7-8-29-19-25(26)21-4-5-23-18-31-28(24(23)16-21)22-6-9-30-27(17-22)32-10-12-33-13-11-32;1-22(2)23(3,4)30-24(29-22)18-6-5-17-15-26-21(19(17)14-18)16-7-8-25-20(13-16)27-9-11-28-12-10-27;1-16(2,3)7-6-14-9-15-11-4-5-13-8-10(11)12;2-1-4-3;;;;/h4-9,16-17,19H,10-15,18,20H2,1-3H3;5-8,13-14H,9-12,15H2,1-4H3;4-5,8H,6-7,9H2,1-3H3;1,3H;1H4;;;/q;;;;;2*+1;-1/p-1. The molecule has 0 atom stereocenters. The number of hydrogen-bond donors (Lipinski definition) is 0. The first kappa shape index (κ1) is 77.6. The zero-order chi connectivity index (χ0) is 61.3. The number of ether oxygens (including phenoxy) is 6. The molecule has 0 bridgehead atoms. The minimum atomic E-state index is -1.12. The molecule has 0 aliphatic carbocycles. The molecular formula is C64H86BBrCs2N8O11Si2. The zero-order valence-electron chi connectivity index (χ0n) is 54.3. The van der Waals surface area contributed by atoms with Crippen molar-refractivity contribution >= 4 is 74.2 Å². The molecular weight excluding hydrogens is 1470 g/mol. The first-order chi connectivity index (χ1) is 41.2. The normalized spacial score (nSPS) is 16.1. The van der Waals surface area contributed by atoms with Crippen LogP contribution in [0.2, 0.25) is 51.4 Å². The molecule has 89 heavy (non-hydrogen) atoms. The Morgan fingerprint density at radius 3 is 1.56 bits per heavy atom. The summed E-state index contributed by atoms with van der Waals surface area (Å²) < 4.78 is 47.0. The first-order valence-corrected chi connectivity index (χ1v) is 37.4. The van der Waals surface area contributed by atoms with E-state index < -0.39 is 16.1 Å². The number of aliphatic imine (C=N–C) groups is 2. The van der Waals surface area contributed by atoms with E-state index in [0.717, 1.165) is 156 Å². The maximum Gasteiger partial charge on any atom is 1.00 e. The van der Waals surface area contributed by atoms with Gasteiger partial charge >= 0.3 is 145 Å². The average Bonchev–Trinajstić information content (AvgIpc) is 1.64. The monoisotopic (exact) mass is 1550 g/mol. The van der Waals surface area contributed by atoms with Gasteiger partial charge < -0.3 is 59.1 Å². The molecule has 0 amide bonds. The van der Waals surface area contributed by atoms with Crippen LogP contribution in [0.15, 0.2) is 124 Å². The van der Waals surface area contributed by atoms with E-state index in [1.54, 1.807) is 18.6 Å². The van der Waals surface area contributed by atoms with Crippen molar-refractivity contribution in [3.63, 3.8) is 0 Å². The second kappa shape index (κ2) is 37.2. The predicted octanol–water partition coefficient (Wildman–Crippen LogP) is 4.32. The molecule has 0 unspecified atom stereocenters. The van der Waals surface area contributed by atoms with Crippen molar-refractivity contribution in [3.05, 3.63) is 148 Å². The quantitative estimate of drug-likeness (QED) is 0.0277. The summed E-state index contributed by atoms with van der Waals surface area (Å²) >= 11 is 3.36. The fourth-order valence-corrected chi connectivity index (χ4v) is 11.4. The summed E-state index contributed by atoms with van der Waals surface area (Å²) in [5.41, 5.74) is 11.3. The number of fused-ring (bicyclic) bond motifs is 2. The molecule has 2 aromatic carbocycles. The molecule has 3 saturated heterocycles. The summed E-state index contributed by atoms with van der Waals surface area (Å²) in [6, 6.07) is 27.3. The van der Waals surface area contributed by atoms with Gasteiger partial charge in [-0.25, -0.2) is 9.97 Å².